The molecule has 1 aromatic rings. The van der Waals surface area contributed by atoms with E-state index in [1.54, 1.807) is 7.11 Å². The number of unbranched alkanes of at least 4 members (excludes halogenated alkanes) is 1. The highest BCUT2D eigenvalue weighted by Gasteiger charge is 2.27. The molecule has 2 unspecified atom stereocenters. The zero-order chi connectivity index (χ0) is 14.4. The fourth-order valence-corrected chi connectivity index (χ4v) is 2.77. The highest BCUT2D eigenvalue weighted by atomic mass is 16.5. The molecular weight excluding hydrogens is 250 g/mol. The Morgan fingerprint density at radius 2 is 2.15 bits per heavy atom. The first-order valence-corrected chi connectivity index (χ1v) is 7.86. The normalized spacial score (nSPS) is 21.1. The Labute approximate surface area is 122 Å². The number of hydrogen-bond donors (Lipinski definition) is 1. The quantitative estimate of drug-likeness (QED) is 0.814. The van der Waals surface area contributed by atoms with Gasteiger partial charge in [0.05, 0.1) is 7.11 Å². The predicted molar refractivity (Wildman–Crippen MR) is 82.6 cm³/mol. The molecule has 1 heterocycles. The van der Waals surface area contributed by atoms with E-state index in [9.17, 15) is 0 Å². The number of methoxy groups -OCH3 is 1. The van der Waals surface area contributed by atoms with E-state index in [4.69, 9.17) is 9.47 Å². The van der Waals surface area contributed by atoms with Gasteiger partial charge in [-0.05, 0) is 37.6 Å². The van der Waals surface area contributed by atoms with Crippen molar-refractivity contribution < 1.29 is 9.47 Å². The fourth-order valence-electron chi connectivity index (χ4n) is 2.77. The van der Waals surface area contributed by atoms with Gasteiger partial charge in [0, 0.05) is 18.0 Å². The third kappa shape index (κ3) is 3.66. The van der Waals surface area contributed by atoms with Gasteiger partial charge in [0.25, 0.3) is 0 Å². The topological polar surface area (TPSA) is 30.5 Å². The summed E-state index contributed by atoms with van der Waals surface area (Å²) in [7, 11) is 1.71. The summed E-state index contributed by atoms with van der Waals surface area (Å²) < 4.78 is 11.5. The van der Waals surface area contributed by atoms with Crippen LogP contribution in [-0.4, -0.2) is 19.8 Å². The molecule has 0 saturated carbocycles. The molecule has 3 heteroatoms. The molecule has 0 aromatic heterocycles. The van der Waals surface area contributed by atoms with E-state index in [2.05, 4.69) is 25.2 Å². The predicted octanol–water partition coefficient (Wildman–Crippen LogP) is 4.08. The van der Waals surface area contributed by atoms with Crippen LogP contribution in [0.5, 0.6) is 11.5 Å². The molecule has 1 aromatic carbocycles. The lowest BCUT2D eigenvalue weighted by Crippen LogP contribution is -2.33. The Balaban J connectivity index is 2.16. The first-order valence-electron chi connectivity index (χ1n) is 7.86. The second-order valence-electron chi connectivity index (χ2n) is 5.53. The smallest absolute Gasteiger partial charge is 0.124 e. The molecule has 1 N–H and O–H groups in total. The van der Waals surface area contributed by atoms with Crippen molar-refractivity contribution in [3.8, 4) is 11.5 Å². The Bertz CT molecular complexity index is 419. The average Bonchev–Trinajstić information content (AvgIpc) is 2.50. The van der Waals surface area contributed by atoms with E-state index in [0.717, 1.165) is 37.3 Å². The lowest BCUT2D eigenvalue weighted by atomic mass is 9.93. The second kappa shape index (κ2) is 7.53. The van der Waals surface area contributed by atoms with Gasteiger partial charge < -0.3 is 14.8 Å². The Morgan fingerprint density at radius 3 is 2.85 bits per heavy atom. The minimum Gasteiger partial charge on any atom is -0.497 e. The van der Waals surface area contributed by atoms with Crippen molar-refractivity contribution in [2.24, 2.45) is 0 Å². The van der Waals surface area contributed by atoms with Crippen LogP contribution >= 0.6 is 0 Å². The van der Waals surface area contributed by atoms with Crippen molar-refractivity contribution >= 4 is 0 Å². The summed E-state index contributed by atoms with van der Waals surface area (Å²) in [5, 5.41) is 3.65. The van der Waals surface area contributed by atoms with Crippen molar-refractivity contribution in [1.82, 2.24) is 5.32 Å². The molecule has 20 heavy (non-hydrogen) atoms. The molecular formula is C17H27NO2. The third-order valence-electron chi connectivity index (χ3n) is 3.90. The van der Waals surface area contributed by atoms with Gasteiger partial charge in [-0.25, -0.2) is 0 Å². The molecule has 0 radical (unpaired) electrons. The first kappa shape index (κ1) is 15.2. The summed E-state index contributed by atoms with van der Waals surface area (Å²) in [4.78, 5) is 0. The van der Waals surface area contributed by atoms with Crippen LogP contribution in [0.4, 0.5) is 0 Å². The fraction of sp³-hybridized carbons (Fsp3) is 0.647. The molecule has 0 amide bonds. The molecule has 0 saturated heterocycles. The number of nitrogens with one attached hydrogen (secondary N) is 1. The van der Waals surface area contributed by atoms with Crippen molar-refractivity contribution in [3.05, 3.63) is 23.8 Å². The minimum absolute atomic E-state index is 0.338. The van der Waals surface area contributed by atoms with Gasteiger partial charge in [-0.3, -0.25) is 0 Å². The summed E-state index contributed by atoms with van der Waals surface area (Å²) in [5.41, 5.74) is 1.24. The molecule has 1 aliphatic rings. The highest BCUT2D eigenvalue weighted by Crippen LogP contribution is 2.38. The van der Waals surface area contributed by atoms with Gasteiger partial charge in [-0.1, -0.05) is 26.7 Å². The number of fused-ring (bicyclic) bond motifs is 1. The maximum absolute atomic E-state index is 6.15. The van der Waals surface area contributed by atoms with Gasteiger partial charge in [0.1, 0.15) is 17.6 Å². The Morgan fingerprint density at radius 1 is 1.30 bits per heavy atom. The average molecular weight is 277 g/mol. The lowest BCUT2D eigenvalue weighted by molar-refractivity contribution is 0.138. The van der Waals surface area contributed by atoms with E-state index in [1.807, 2.05) is 12.1 Å². The summed E-state index contributed by atoms with van der Waals surface area (Å²) in [6.07, 6.45) is 6.15. The maximum Gasteiger partial charge on any atom is 0.124 e. The van der Waals surface area contributed by atoms with Crippen molar-refractivity contribution in [1.29, 1.82) is 0 Å². The molecule has 0 spiro atoms. The van der Waals surface area contributed by atoms with E-state index in [1.165, 1.54) is 18.4 Å². The van der Waals surface area contributed by atoms with Gasteiger partial charge in [-0.2, -0.15) is 0 Å². The molecule has 0 aliphatic carbocycles. The first-order chi connectivity index (χ1) is 9.78. The summed E-state index contributed by atoms with van der Waals surface area (Å²) >= 11 is 0. The summed E-state index contributed by atoms with van der Waals surface area (Å²) in [6, 6.07) is 6.53. The molecule has 3 nitrogen and oxygen atoms in total. The minimum atomic E-state index is 0.338. The van der Waals surface area contributed by atoms with Crippen LogP contribution in [0.2, 0.25) is 0 Å². The van der Waals surface area contributed by atoms with Crippen LogP contribution in [-0.2, 0) is 0 Å². The van der Waals surface area contributed by atoms with Crippen LogP contribution in [0.3, 0.4) is 0 Å². The Kier molecular flexibility index (Phi) is 5.72. The zero-order valence-electron chi connectivity index (χ0n) is 12.9. The maximum atomic E-state index is 6.15. The number of rotatable bonds is 7. The van der Waals surface area contributed by atoms with Crippen LogP contribution in [0.25, 0.3) is 0 Å². The van der Waals surface area contributed by atoms with Gasteiger partial charge in [0.2, 0.25) is 0 Å². The standard InChI is InChI=1S/C17H27NO2/c1-4-6-7-14-12-16(18-10-5-2)15-11-13(19-3)8-9-17(15)20-14/h8-9,11,14,16,18H,4-7,10,12H2,1-3H3. The van der Waals surface area contributed by atoms with Gasteiger partial charge >= 0.3 is 0 Å². The van der Waals surface area contributed by atoms with Crippen molar-refractivity contribution in [2.45, 2.75) is 58.1 Å². The summed E-state index contributed by atoms with van der Waals surface area (Å²) in [5.74, 6) is 1.93. The van der Waals surface area contributed by atoms with Gasteiger partial charge in [-0.15, -0.1) is 0 Å². The van der Waals surface area contributed by atoms with E-state index in [-0.39, 0.29) is 0 Å². The second-order valence-corrected chi connectivity index (χ2v) is 5.53. The van der Waals surface area contributed by atoms with Crippen molar-refractivity contribution in [2.75, 3.05) is 13.7 Å². The molecule has 0 fully saturated rings. The largest absolute Gasteiger partial charge is 0.497 e. The van der Waals surface area contributed by atoms with Crippen molar-refractivity contribution in [3.63, 3.8) is 0 Å². The zero-order valence-corrected chi connectivity index (χ0v) is 12.9. The van der Waals surface area contributed by atoms with Gasteiger partial charge in [0.15, 0.2) is 0 Å². The third-order valence-corrected chi connectivity index (χ3v) is 3.90. The van der Waals surface area contributed by atoms with Crippen LogP contribution in [0.1, 0.15) is 57.6 Å². The van der Waals surface area contributed by atoms with E-state index in [0.29, 0.717) is 12.1 Å². The molecule has 2 rings (SSSR count). The molecule has 112 valence electrons. The number of hydrogen-bond acceptors (Lipinski definition) is 3. The van der Waals surface area contributed by atoms with Crippen LogP contribution in [0.15, 0.2) is 18.2 Å². The van der Waals surface area contributed by atoms with Crippen LogP contribution in [0, 0.1) is 0 Å². The highest BCUT2D eigenvalue weighted by molar-refractivity contribution is 5.43. The lowest BCUT2D eigenvalue weighted by Gasteiger charge is -2.33. The molecule has 0 bridgehead atoms. The number of ether oxygens (including phenoxy) is 2. The monoisotopic (exact) mass is 277 g/mol. The Hall–Kier alpha value is -1.22. The molecule has 1 aliphatic heterocycles. The molecule has 2 atom stereocenters. The van der Waals surface area contributed by atoms with E-state index < -0.39 is 0 Å². The SMILES string of the molecule is CCCCC1CC(NCCC)c2cc(OC)ccc2O1. The van der Waals surface area contributed by atoms with E-state index >= 15 is 0 Å². The summed E-state index contributed by atoms with van der Waals surface area (Å²) in [6.45, 7) is 5.48. The van der Waals surface area contributed by atoms with Crippen LogP contribution < -0.4 is 14.8 Å². The number of benzene rings is 1.